The van der Waals surface area contributed by atoms with Crippen molar-refractivity contribution in [2.24, 2.45) is 7.05 Å². The Morgan fingerprint density at radius 2 is 1.73 bits per heavy atom. The van der Waals surface area contributed by atoms with Gasteiger partial charge >= 0.3 is 0 Å². The van der Waals surface area contributed by atoms with Gasteiger partial charge in [-0.25, -0.2) is 4.68 Å². The van der Waals surface area contributed by atoms with E-state index in [1.54, 1.807) is 43.4 Å². The first-order chi connectivity index (χ1) is 14.4. The van der Waals surface area contributed by atoms with Crippen LogP contribution < -0.4 is 5.56 Å². The molecule has 1 amide bonds. The topological polar surface area (TPSA) is 72.3 Å². The van der Waals surface area contributed by atoms with Crippen LogP contribution in [-0.2, 0) is 17.4 Å². The normalized spacial score (nSPS) is 19.1. The Balaban J connectivity index is 1.91. The molecule has 1 aliphatic carbocycles. The number of nitrogens with zero attached hydrogens (tertiary/aromatic N) is 3. The molecule has 0 aliphatic heterocycles. The molecule has 1 heterocycles. The third-order valence-electron chi connectivity index (χ3n) is 6.01. The number of Topliss-reactive ketones (excluding diaryl/α,β-unsaturated/α-hetero) is 1. The van der Waals surface area contributed by atoms with Crippen LogP contribution >= 0.6 is 11.6 Å². The Morgan fingerprint density at radius 3 is 2.43 bits per heavy atom. The minimum absolute atomic E-state index is 0.0353. The molecule has 7 heteroatoms. The molecule has 30 heavy (non-hydrogen) atoms. The Kier molecular flexibility index (Phi) is 5.20. The predicted octanol–water partition coefficient (Wildman–Crippen LogP) is 3.70. The Hall–Kier alpha value is -2.99. The number of carbonyl (C=O) groups excluding carboxylic acids is 2. The molecule has 4 rings (SSSR count). The number of amides is 1. The van der Waals surface area contributed by atoms with Crippen molar-refractivity contribution in [1.82, 2.24) is 14.7 Å². The van der Waals surface area contributed by atoms with Crippen LogP contribution in [0, 0.1) is 0 Å². The van der Waals surface area contributed by atoms with E-state index in [0.717, 1.165) is 17.5 Å². The number of rotatable bonds is 3. The summed E-state index contributed by atoms with van der Waals surface area (Å²) in [7, 11) is 3.14. The van der Waals surface area contributed by atoms with Crippen molar-refractivity contribution in [3.8, 4) is 0 Å². The summed E-state index contributed by atoms with van der Waals surface area (Å²) in [5.41, 5.74) is -0.675. The average molecular weight is 424 g/mol. The average Bonchev–Trinajstić information content (AvgIpc) is 2.76. The van der Waals surface area contributed by atoms with Crippen molar-refractivity contribution in [1.29, 1.82) is 0 Å². The molecule has 1 aliphatic rings. The van der Waals surface area contributed by atoms with E-state index in [-0.39, 0.29) is 17.0 Å². The first-order valence-electron chi connectivity index (χ1n) is 9.90. The van der Waals surface area contributed by atoms with Gasteiger partial charge in [0.05, 0.1) is 5.39 Å². The van der Waals surface area contributed by atoms with Crippen molar-refractivity contribution in [2.45, 2.75) is 31.2 Å². The number of hydrogen-bond donors (Lipinski definition) is 0. The van der Waals surface area contributed by atoms with Crippen LogP contribution in [0.25, 0.3) is 10.8 Å². The number of aryl methyl sites for hydroxylation is 1. The summed E-state index contributed by atoms with van der Waals surface area (Å²) in [6.07, 6.45) is 2.45. The van der Waals surface area contributed by atoms with Crippen LogP contribution in [-0.4, -0.2) is 33.4 Å². The Bertz CT molecular complexity index is 1220. The highest BCUT2D eigenvalue weighted by atomic mass is 35.5. The SMILES string of the molecule is CN(C(=O)c1nn(C)c(=O)c2ccccc12)C1(c2ccccc2Cl)CCCCC1=O. The summed E-state index contributed by atoms with van der Waals surface area (Å²) >= 11 is 6.50. The molecule has 0 spiro atoms. The standard InChI is InChI=1S/C23H22ClN3O3/c1-26(22(30)20-15-9-3-4-10-16(15)21(29)27(2)25-20)23(14-8-7-13-19(23)28)17-11-5-6-12-18(17)24/h3-6,9-12H,7-8,13-14H2,1-2H3. The number of fused-ring (bicyclic) bond motifs is 1. The summed E-state index contributed by atoms with van der Waals surface area (Å²) in [4.78, 5) is 40.9. The maximum atomic E-state index is 13.7. The summed E-state index contributed by atoms with van der Waals surface area (Å²) in [5, 5.41) is 5.59. The maximum absolute atomic E-state index is 13.7. The molecule has 1 fully saturated rings. The van der Waals surface area contributed by atoms with Gasteiger partial charge in [-0.05, 0) is 31.4 Å². The molecule has 0 radical (unpaired) electrons. The number of halogens is 1. The van der Waals surface area contributed by atoms with Crippen LogP contribution in [0.3, 0.4) is 0 Å². The van der Waals surface area contributed by atoms with E-state index in [9.17, 15) is 14.4 Å². The van der Waals surface area contributed by atoms with Crippen molar-refractivity contribution < 1.29 is 9.59 Å². The first kappa shape index (κ1) is 20.3. The van der Waals surface area contributed by atoms with Crippen LogP contribution in [0.15, 0.2) is 53.3 Å². The lowest BCUT2D eigenvalue weighted by atomic mass is 9.74. The van der Waals surface area contributed by atoms with E-state index in [4.69, 9.17) is 11.6 Å². The third-order valence-corrected chi connectivity index (χ3v) is 6.34. The lowest BCUT2D eigenvalue weighted by Crippen LogP contribution is -2.54. The molecule has 0 saturated heterocycles. The van der Waals surface area contributed by atoms with E-state index in [2.05, 4.69) is 5.10 Å². The monoisotopic (exact) mass is 423 g/mol. The summed E-state index contributed by atoms with van der Waals surface area (Å²) in [5.74, 6) is -0.455. The molecule has 154 valence electrons. The zero-order valence-electron chi connectivity index (χ0n) is 16.9. The van der Waals surface area contributed by atoms with E-state index in [1.807, 2.05) is 12.1 Å². The molecule has 3 aromatic rings. The molecule has 1 atom stereocenters. The zero-order chi connectivity index (χ0) is 21.5. The largest absolute Gasteiger partial charge is 0.323 e. The van der Waals surface area contributed by atoms with Crippen molar-refractivity contribution in [2.75, 3.05) is 7.05 Å². The zero-order valence-corrected chi connectivity index (χ0v) is 17.6. The highest BCUT2D eigenvalue weighted by Gasteiger charge is 2.48. The number of carbonyl (C=O) groups is 2. The molecular weight excluding hydrogens is 402 g/mol. The molecule has 0 bridgehead atoms. The highest BCUT2D eigenvalue weighted by molar-refractivity contribution is 6.31. The van der Waals surface area contributed by atoms with Gasteiger partial charge < -0.3 is 4.90 Å². The van der Waals surface area contributed by atoms with Crippen LogP contribution in [0.2, 0.25) is 5.02 Å². The van der Waals surface area contributed by atoms with E-state index in [0.29, 0.717) is 34.2 Å². The number of benzene rings is 2. The highest BCUT2D eigenvalue weighted by Crippen LogP contribution is 2.42. The third kappa shape index (κ3) is 3.03. The van der Waals surface area contributed by atoms with E-state index in [1.165, 1.54) is 11.9 Å². The van der Waals surface area contributed by atoms with Crippen molar-refractivity contribution >= 4 is 34.1 Å². The first-order valence-corrected chi connectivity index (χ1v) is 10.3. The smallest absolute Gasteiger partial charge is 0.275 e. The molecule has 1 unspecified atom stereocenters. The lowest BCUT2D eigenvalue weighted by molar-refractivity contribution is -0.132. The van der Waals surface area contributed by atoms with Gasteiger partial charge in [-0.15, -0.1) is 0 Å². The maximum Gasteiger partial charge on any atom is 0.275 e. The minimum Gasteiger partial charge on any atom is -0.323 e. The van der Waals surface area contributed by atoms with Gasteiger partial charge in [-0.3, -0.25) is 14.4 Å². The van der Waals surface area contributed by atoms with Crippen LogP contribution in [0.5, 0.6) is 0 Å². The van der Waals surface area contributed by atoms with E-state index < -0.39 is 11.4 Å². The molecule has 1 saturated carbocycles. The quantitative estimate of drug-likeness (QED) is 0.644. The second-order valence-electron chi connectivity index (χ2n) is 7.66. The molecule has 2 aromatic carbocycles. The predicted molar refractivity (Wildman–Crippen MR) is 116 cm³/mol. The number of aromatic nitrogens is 2. The summed E-state index contributed by atoms with van der Waals surface area (Å²) < 4.78 is 1.16. The Labute approximate surface area is 179 Å². The molecule has 0 N–H and O–H groups in total. The van der Waals surface area contributed by atoms with E-state index >= 15 is 0 Å². The fraction of sp³-hybridized carbons (Fsp3) is 0.304. The number of likely N-dealkylation sites (N-methyl/N-ethyl adjacent to an activating group) is 1. The second-order valence-corrected chi connectivity index (χ2v) is 8.06. The molecule has 6 nitrogen and oxygen atoms in total. The van der Waals surface area contributed by atoms with Crippen LogP contribution in [0.4, 0.5) is 0 Å². The number of ketones is 1. The van der Waals surface area contributed by atoms with Gasteiger partial charge in [0, 0.05) is 36.5 Å². The van der Waals surface area contributed by atoms with Gasteiger partial charge in [0.2, 0.25) is 0 Å². The van der Waals surface area contributed by atoms with Crippen molar-refractivity contribution in [3.63, 3.8) is 0 Å². The minimum atomic E-state index is -1.16. The number of hydrogen-bond acceptors (Lipinski definition) is 4. The van der Waals surface area contributed by atoms with Gasteiger partial charge in [0.25, 0.3) is 11.5 Å². The molecule has 1 aromatic heterocycles. The summed E-state index contributed by atoms with van der Waals surface area (Å²) in [6.45, 7) is 0. The lowest BCUT2D eigenvalue weighted by Gasteiger charge is -2.43. The van der Waals surface area contributed by atoms with Gasteiger partial charge in [0.1, 0.15) is 5.54 Å². The Morgan fingerprint density at radius 1 is 1.07 bits per heavy atom. The van der Waals surface area contributed by atoms with Gasteiger partial charge in [-0.2, -0.15) is 5.10 Å². The van der Waals surface area contributed by atoms with Crippen LogP contribution in [0.1, 0.15) is 41.7 Å². The summed E-state index contributed by atoms with van der Waals surface area (Å²) in [6, 6.07) is 14.1. The second kappa shape index (κ2) is 7.69. The fourth-order valence-corrected chi connectivity index (χ4v) is 4.71. The van der Waals surface area contributed by atoms with Gasteiger partial charge in [-0.1, -0.05) is 48.0 Å². The fourth-order valence-electron chi connectivity index (χ4n) is 4.42. The van der Waals surface area contributed by atoms with Crippen molar-refractivity contribution in [3.05, 3.63) is 75.2 Å². The van der Waals surface area contributed by atoms with Gasteiger partial charge in [0.15, 0.2) is 11.5 Å². The molecular formula is C23H22ClN3O3.